The smallest absolute Gasteiger partial charge is 0.418 e. The van der Waals surface area contributed by atoms with Crippen LogP contribution in [0.3, 0.4) is 0 Å². The molecule has 1 unspecified atom stereocenters. The minimum Gasteiger partial charge on any atom is -0.478 e. The van der Waals surface area contributed by atoms with Crippen molar-refractivity contribution in [2.45, 2.75) is 58.5 Å². The zero-order chi connectivity index (χ0) is 32.1. The molecule has 8 nitrogen and oxygen atoms in total. The van der Waals surface area contributed by atoms with Gasteiger partial charge < -0.3 is 26.0 Å². The standard InChI is InChI=1S/C28H37F6N5O3/c1-5-8-10-22(35)39(7-3)18-17-38-25(41)26(4,42-20-13-11-19(12-14-20)27(29,30)31)15-9-16-37-24(40)23(36)21(6-2)28(32,33)34/h5-6,8,10-14,36H,7,9,15-18,35H2,1-4H3,(H,37,40)(H,38,41)/b8-5-,21-6+,22-10+,36-23?. The van der Waals surface area contributed by atoms with Crippen LogP contribution < -0.4 is 21.1 Å². The van der Waals surface area contributed by atoms with Crippen LogP contribution in [0.5, 0.6) is 5.75 Å². The van der Waals surface area contributed by atoms with Crippen LogP contribution in [0.15, 0.2) is 60.0 Å². The first-order chi connectivity index (χ1) is 19.5. The van der Waals surface area contributed by atoms with Crippen LogP contribution in [-0.2, 0) is 15.8 Å². The SMILES string of the molecule is C/C=C\C=C(/N)N(CC)CCNC(=O)C(C)(CCCNC(=O)C(=N)/C(=C\C)C(F)(F)F)Oc1ccc(C(F)(F)F)cc1. The summed E-state index contributed by atoms with van der Waals surface area (Å²) in [5.41, 5.74) is 0.851. The molecule has 42 heavy (non-hydrogen) atoms. The van der Waals surface area contributed by atoms with E-state index in [1.54, 1.807) is 23.1 Å². The molecule has 1 rings (SSSR count). The molecule has 0 aliphatic heterocycles. The highest BCUT2D eigenvalue weighted by molar-refractivity contribution is 6.44. The van der Waals surface area contributed by atoms with Gasteiger partial charge in [0.05, 0.1) is 17.0 Å². The number of hydrogen-bond donors (Lipinski definition) is 4. The van der Waals surface area contributed by atoms with Crippen molar-refractivity contribution < 1.29 is 40.7 Å². The van der Waals surface area contributed by atoms with Crippen molar-refractivity contribution in [1.82, 2.24) is 15.5 Å². The molecule has 0 saturated carbocycles. The Morgan fingerprint density at radius 2 is 1.67 bits per heavy atom. The number of ether oxygens (including phenoxy) is 1. The number of nitrogens with zero attached hydrogens (tertiary/aromatic N) is 1. The largest absolute Gasteiger partial charge is 0.478 e. The Morgan fingerprint density at radius 1 is 1.05 bits per heavy atom. The van der Waals surface area contributed by atoms with E-state index in [1.807, 2.05) is 13.8 Å². The molecule has 0 fully saturated rings. The van der Waals surface area contributed by atoms with Gasteiger partial charge in [-0.3, -0.25) is 15.0 Å². The number of carbonyl (C=O) groups is 2. The maximum Gasteiger partial charge on any atom is 0.418 e. The number of rotatable bonds is 15. The summed E-state index contributed by atoms with van der Waals surface area (Å²) in [6.45, 7) is 6.98. The van der Waals surface area contributed by atoms with E-state index in [0.29, 0.717) is 25.0 Å². The highest BCUT2D eigenvalue weighted by Crippen LogP contribution is 2.32. The molecule has 0 aliphatic rings. The molecule has 0 aromatic heterocycles. The lowest BCUT2D eigenvalue weighted by Crippen LogP contribution is -2.51. The summed E-state index contributed by atoms with van der Waals surface area (Å²) in [6.07, 6.45) is -3.63. The fourth-order valence-electron chi connectivity index (χ4n) is 3.73. The van der Waals surface area contributed by atoms with Crippen LogP contribution in [0.1, 0.15) is 46.1 Å². The minimum absolute atomic E-state index is 0.0249. The number of allylic oxidation sites excluding steroid dienone is 4. The number of halogens is 6. The Bertz CT molecular complexity index is 1160. The summed E-state index contributed by atoms with van der Waals surface area (Å²) in [5, 5.41) is 12.5. The van der Waals surface area contributed by atoms with E-state index in [1.165, 1.54) is 6.92 Å². The van der Waals surface area contributed by atoms with Crippen LogP contribution in [0, 0.1) is 5.41 Å². The van der Waals surface area contributed by atoms with E-state index in [4.69, 9.17) is 15.9 Å². The number of amides is 2. The number of hydrogen-bond acceptors (Lipinski definition) is 6. The van der Waals surface area contributed by atoms with Gasteiger partial charge >= 0.3 is 12.4 Å². The van der Waals surface area contributed by atoms with Gasteiger partial charge in [-0.15, -0.1) is 0 Å². The Hall–Kier alpha value is -3.97. The Labute approximate surface area is 241 Å². The number of nitrogens with one attached hydrogen (secondary N) is 3. The van der Waals surface area contributed by atoms with Crippen molar-refractivity contribution in [3.05, 3.63) is 65.5 Å². The number of likely N-dealkylation sites (N-methyl/N-ethyl adjacent to an activating group) is 1. The molecule has 5 N–H and O–H groups in total. The molecule has 0 saturated heterocycles. The van der Waals surface area contributed by atoms with Crippen LogP contribution in [0.4, 0.5) is 26.3 Å². The van der Waals surface area contributed by atoms with Gasteiger partial charge in [-0.2, -0.15) is 26.3 Å². The second-order valence-electron chi connectivity index (χ2n) is 9.24. The summed E-state index contributed by atoms with van der Waals surface area (Å²) in [7, 11) is 0. The number of alkyl halides is 6. The minimum atomic E-state index is -4.88. The van der Waals surface area contributed by atoms with E-state index in [9.17, 15) is 35.9 Å². The molecule has 1 aromatic rings. The van der Waals surface area contributed by atoms with E-state index in [-0.39, 0.29) is 31.7 Å². The summed E-state index contributed by atoms with van der Waals surface area (Å²) >= 11 is 0. The lowest BCUT2D eigenvalue weighted by molar-refractivity contribution is -0.138. The second kappa shape index (κ2) is 15.9. The predicted molar refractivity (Wildman–Crippen MR) is 148 cm³/mol. The Kier molecular flexibility index (Phi) is 13.6. The van der Waals surface area contributed by atoms with Crippen molar-refractivity contribution in [1.29, 1.82) is 5.41 Å². The predicted octanol–water partition coefficient (Wildman–Crippen LogP) is 5.08. The first-order valence-electron chi connectivity index (χ1n) is 13.1. The van der Waals surface area contributed by atoms with Gasteiger partial charge in [0.15, 0.2) is 5.60 Å². The first-order valence-corrected chi connectivity index (χ1v) is 13.1. The summed E-state index contributed by atoms with van der Waals surface area (Å²) in [6, 6.07) is 3.74. The van der Waals surface area contributed by atoms with E-state index >= 15 is 0 Å². The zero-order valence-electron chi connectivity index (χ0n) is 23.9. The maximum absolute atomic E-state index is 13.2. The molecule has 2 amide bonds. The third-order valence-corrected chi connectivity index (χ3v) is 6.09. The lowest BCUT2D eigenvalue weighted by Gasteiger charge is -2.30. The second-order valence-corrected chi connectivity index (χ2v) is 9.24. The molecule has 1 aromatic carbocycles. The lowest BCUT2D eigenvalue weighted by atomic mass is 9.98. The fourth-order valence-corrected chi connectivity index (χ4v) is 3.73. The normalized spacial score (nSPS) is 14.3. The van der Waals surface area contributed by atoms with Crippen LogP contribution in [0.25, 0.3) is 0 Å². The molecule has 0 spiro atoms. The van der Waals surface area contributed by atoms with Crippen molar-refractivity contribution in [2.24, 2.45) is 5.73 Å². The molecule has 1 atom stereocenters. The first kappa shape index (κ1) is 36.1. The van der Waals surface area contributed by atoms with Crippen LogP contribution in [0.2, 0.25) is 0 Å². The van der Waals surface area contributed by atoms with Gasteiger partial charge in [0.25, 0.3) is 11.8 Å². The van der Waals surface area contributed by atoms with Gasteiger partial charge in [-0.05, 0) is 70.9 Å². The molecule has 14 heteroatoms. The van der Waals surface area contributed by atoms with E-state index in [2.05, 4.69) is 10.6 Å². The quantitative estimate of drug-likeness (QED) is 0.0962. The van der Waals surface area contributed by atoms with E-state index in [0.717, 1.165) is 31.2 Å². The topological polar surface area (TPSA) is 121 Å². The van der Waals surface area contributed by atoms with Gasteiger partial charge in [-0.1, -0.05) is 18.2 Å². The summed E-state index contributed by atoms with van der Waals surface area (Å²) < 4.78 is 83.7. The Balaban J connectivity index is 3.00. The number of benzene rings is 1. The van der Waals surface area contributed by atoms with Crippen LogP contribution >= 0.6 is 0 Å². The third kappa shape index (κ3) is 11.1. The van der Waals surface area contributed by atoms with Gasteiger partial charge in [0.1, 0.15) is 11.5 Å². The van der Waals surface area contributed by atoms with Gasteiger partial charge in [0, 0.05) is 26.2 Å². The highest BCUT2D eigenvalue weighted by Gasteiger charge is 2.39. The average molecular weight is 606 g/mol. The van der Waals surface area contributed by atoms with Crippen molar-refractivity contribution in [3.63, 3.8) is 0 Å². The monoisotopic (exact) mass is 605 g/mol. The zero-order valence-corrected chi connectivity index (χ0v) is 23.9. The molecule has 0 radical (unpaired) electrons. The maximum atomic E-state index is 13.2. The van der Waals surface area contributed by atoms with Crippen LogP contribution in [-0.4, -0.2) is 60.4 Å². The molecular weight excluding hydrogens is 568 g/mol. The summed E-state index contributed by atoms with van der Waals surface area (Å²) in [4.78, 5) is 27.1. The third-order valence-electron chi connectivity index (χ3n) is 6.09. The average Bonchev–Trinajstić information content (AvgIpc) is 2.91. The van der Waals surface area contributed by atoms with Gasteiger partial charge in [-0.25, -0.2) is 0 Å². The number of nitrogens with two attached hydrogens (primary N) is 1. The summed E-state index contributed by atoms with van der Waals surface area (Å²) in [5.74, 6) is -1.41. The molecule has 0 bridgehead atoms. The van der Waals surface area contributed by atoms with Crippen molar-refractivity contribution in [2.75, 3.05) is 26.2 Å². The molecule has 0 heterocycles. The highest BCUT2D eigenvalue weighted by atomic mass is 19.4. The van der Waals surface area contributed by atoms with Crippen molar-refractivity contribution >= 4 is 17.5 Å². The molecule has 0 aliphatic carbocycles. The molecule has 234 valence electrons. The number of carbonyl (C=O) groups excluding carboxylic acids is 2. The fraction of sp³-hybridized carbons (Fsp3) is 0.464. The van der Waals surface area contributed by atoms with Crippen molar-refractivity contribution in [3.8, 4) is 5.75 Å². The Morgan fingerprint density at radius 3 is 2.17 bits per heavy atom. The molecular formula is C28H37F6N5O3. The van der Waals surface area contributed by atoms with Gasteiger partial charge in [0.2, 0.25) is 0 Å². The van der Waals surface area contributed by atoms with E-state index < -0.39 is 46.6 Å².